The van der Waals surface area contributed by atoms with Gasteiger partial charge in [0, 0.05) is 33.0 Å². The third-order valence-electron chi connectivity index (χ3n) is 8.16. The van der Waals surface area contributed by atoms with Crippen molar-refractivity contribution in [2.75, 3.05) is 14.2 Å². The molecule has 0 aliphatic carbocycles. The van der Waals surface area contributed by atoms with Crippen molar-refractivity contribution in [3.05, 3.63) is 191 Å². The number of ether oxygens (including phenoxy) is 2. The minimum Gasteiger partial charge on any atom is -0.466 e. The molecule has 0 N–H and O–H groups in total. The molecule has 0 saturated carbocycles. The number of rotatable bonds is 9. The van der Waals surface area contributed by atoms with Gasteiger partial charge in [0.1, 0.15) is 17.3 Å². The van der Waals surface area contributed by atoms with Crippen molar-refractivity contribution in [3.63, 3.8) is 0 Å². The Morgan fingerprint density at radius 3 is 1.36 bits per heavy atom. The number of esters is 2. The lowest BCUT2D eigenvalue weighted by molar-refractivity contribution is -0.135. The summed E-state index contributed by atoms with van der Waals surface area (Å²) in [4.78, 5) is 33.6. The SMILES string of the molecule is COC(=O)/C=C/c1ccc(-c2cccc(Cl)c2)o1.COC(=O)C=P(c1ccccc1)(c1ccccc1)c1ccccc1.O=Cc1ccc(-c2cccc(Cl)c2)o1. The first kappa shape index (κ1) is 41.1. The quantitative estimate of drug-likeness (QED) is 0.0621. The van der Waals surface area contributed by atoms with Crippen LogP contribution in [0.1, 0.15) is 16.3 Å². The highest BCUT2D eigenvalue weighted by atomic mass is 35.5. The Labute approximate surface area is 335 Å². The van der Waals surface area contributed by atoms with Gasteiger partial charge in [0.05, 0.1) is 14.2 Å². The van der Waals surface area contributed by atoms with E-state index in [1.807, 2.05) is 91.0 Å². The maximum absolute atomic E-state index is 12.3. The van der Waals surface area contributed by atoms with Gasteiger partial charge in [-0.2, -0.15) is 0 Å². The zero-order valence-electron chi connectivity index (χ0n) is 30.5. The second-order valence-electron chi connectivity index (χ2n) is 11.8. The molecule has 2 heterocycles. The van der Waals surface area contributed by atoms with Crippen molar-refractivity contribution in [1.29, 1.82) is 0 Å². The minimum atomic E-state index is -2.23. The van der Waals surface area contributed by atoms with Gasteiger partial charge in [0.15, 0.2) is 12.0 Å². The molecule has 0 saturated heterocycles. The van der Waals surface area contributed by atoms with Crippen molar-refractivity contribution in [1.82, 2.24) is 0 Å². The maximum Gasteiger partial charge on any atom is 0.331 e. The fraction of sp³-hybridized carbons (Fsp3) is 0.0435. The van der Waals surface area contributed by atoms with E-state index in [2.05, 4.69) is 41.1 Å². The molecule has 0 aliphatic rings. The molecular weight excluding hydrogens is 766 g/mol. The number of hydrogen-bond acceptors (Lipinski definition) is 7. The molecule has 0 amide bonds. The molecule has 282 valence electrons. The molecule has 0 unspecified atom stereocenters. The van der Waals surface area contributed by atoms with Crippen molar-refractivity contribution < 1.29 is 32.7 Å². The summed E-state index contributed by atoms with van der Waals surface area (Å²) in [6, 6.07) is 52.2. The average Bonchev–Trinajstić information content (AvgIpc) is 3.94. The molecule has 2 aromatic heterocycles. The zero-order valence-corrected chi connectivity index (χ0v) is 32.9. The van der Waals surface area contributed by atoms with Crippen LogP contribution in [0.15, 0.2) is 179 Å². The molecule has 7 rings (SSSR count). The second-order valence-corrected chi connectivity index (χ2v) is 15.9. The summed E-state index contributed by atoms with van der Waals surface area (Å²) in [7, 11) is 2.75. The third kappa shape index (κ3) is 11.0. The largest absolute Gasteiger partial charge is 0.466 e. The van der Waals surface area contributed by atoms with Gasteiger partial charge >= 0.3 is 11.9 Å². The van der Waals surface area contributed by atoms with Crippen LogP contribution in [0.3, 0.4) is 0 Å². The van der Waals surface area contributed by atoms with Crippen LogP contribution in [-0.2, 0) is 19.1 Å². The highest BCUT2D eigenvalue weighted by molar-refractivity contribution is 7.95. The van der Waals surface area contributed by atoms with Crippen LogP contribution in [0.4, 0.5) is 0 Å². The number of carbonyl (C=O) groups excluding carboxylic acids is 3. The number of benzene rings is 5. The summed E-state index contributed by atoms with van der Waals surface area (Å²) < 4.78 is 20.3. The van der Waals surface area contributed by atoms with Crippen LogP contribution < -0.4 is 15.9 Å². The van der Waals surface area contributed by atoms with Gasteiger partial charge < -0.3 is 18.3 Å². The Hall–Kier alpha value is -6.11. The number of halogens is 2. The Morgan fingerprint density at radius 1 is 0.536 bits per heavy atom. The predicted octanol–water partition coefficient (Wildman–Crippen LogP) is 10.2. The first-order chi connectivity index (χ1) is 27.2. The summed E-state index contributed by atoms with van der Waals surface area (Å²) in [5.74, 6) is 3.29. The van der Waals surface area contributed by atoms with E-state index in [0.29, 0.717) is 39.4 Å². The number of carbonyl (C=O) groups is 3. The van der Waals surface area contributed by atoms with E-state index >= 15 is 0 Å². The molecule has 0 atom stereocenters. The van der Waals surface area contributed by atoms with Crippen LogP contribution in [0.2, 0.25) is 10.0 Å². The molecular formula is C46H37Cl2O7P. The van der Waals surface area contributed by atoms with E-state index in [-0.39, 0.29) is 5.97 Å². The Bertz CT molecular complexity index is 2330. The molecule has 0 spiro atoms. The molecule has 10 heteroatoms. The van der Waals surface area contributed by atoms with Gasteiger partial charge in [-0.25, -0.2) is 9.59 Å². The van der Waals surface area contributed by atoms with E-state index in [1.165, 1.54) is 20.3 Å². The van der Waals surface area contributed by atoms with Crippen LogP contribution >= 0.6 is 30.1 Å². The lowest BCUT2D eigenvalue weighted by Gasteiger charge is -2.28. The highest BCUT2D eigenvalue weighted by Gasteiger charge is 2.26. The van der Waals surface area contributed by atoms with E-state index in [0.717, 1.165) is 27.0 Å². The summed E-state index contributed by atoms with van der Waals surface area (Å²) in [6.45, 7) is -2.23. The number of furan rings is 2. The Morgan fingerprint density at radius 2 is 0.964 bits per heavy atom. The molecule has 7 nitrogen and oxygen atoms in total. The summed E-state index contributed by atoms with van der Waals surface area (Å²) in [5, 5.41) is 4.69. The molecule has 56 heavy (non-hydrogen) atoms. The van der Waals surface area contributed by atoms with Gasteiger partial charge in [-0.1, -0.05) is 138 Å². The lowest BCUT2D eigenvalue weighted by atomic mass is 10.2. The van der Waals surface area contributed by atoms with E-state index in [9.17, 15) is 14.4 Å². The van der Waals surface area contributed by atoms with Crippen molar-refractivity contribution in [2.24, 2.45) is 0 Å². The molecule has 0 fully saturated rings. The standard InChI is InChI=1S/C21H19O2P.C14H11ClO3.C11H7ClO2/c1-23-21(22)17-24(18-11-5-2-6-12-18,19-13-7-3-8-14-19)20-15-9-4-10-16-20;1-17-14(16)8-6-12-5-7-13(18-12)10-3-2-4-11(15)9-10;12-9-3-1-2-8(6-9)11-5-4-10(7-13)14-11/h2-17H,1H3;2-9H,1H3;1-7H/b;8-6+;. The molecule has 0 bridgehead atoms. The summed E-state index contributed by atoms with van der Waals surface area (Å²) in [6.07, 6.45) is 3.54. The van der Waals surface area contributed by atoms with E-state index in [1.54, 1.807) is 48.3 Å². The second kappa shape index (κ2) is 20.5. The number of aldehydes is 1. The predicted molar refractivity (Wildman–Crippen MR) is 228 cm³/mol. The Kier molecular flexibility index (Phi) is 15.1. The summed E-state index contributed by atoms with van der Waals surface area (Å²) >= 11 is 11.7. The van der Waals surface area contributed by atoms with Crippen LogP contribution in [0.25, 0.3) is 28.7 Å². The Balaban J connectivity index is 0.000000167. The number of hydrogen-bond donors (Lipinski definition) is 0. The monoisotopic (exact) mass is 802 g/mol. The first-order valence-electron chi connectivity index (χ1n) is 17.2. The van der Waals surface area contributed by atoms with Gasteiger partial charge in [0.2, 0.25) is 0 Å². The van der Waals surface area contributed by atoms with Crippen molar-refractivity contribution in [2.45, 2.75) is 0 Å². The zero-order chi connectivity index (χ0) is 39.8. The smallest absolute Gasteiger partial charge is 0.331 e. The van der Waals surface area contributed by atoms with Gasteiger partial charge in [-0.15, -0.1) is 0 Å². The van der Waals surface area contributed by atoms with Gasteiger partial charge in [-0.05, 0) is 77.4 Å². The number of methoxy groups -OCH3 is 2. The van der Waals surface area contributed by atoms with Crippen LogP contribution in [0.5, 0.6) is 0 Å². The van der Waals surface area contributed by atoms with Crippen LogP contribution in [-0.4, -0.2) is 38.2 Å². The maximum atomic E-state index is 12.3. The fourth-order valence-corrected chi connectivity index (χ4v) is 9.61. The van der Waals surface area contributed by atoms with E-state index < -0.39 is 12.9 Å². The highest BCUT2D eigenvalue weighted by Crippen LogP contribution is 2.43. The van der Waals surface area contributed by atoms with Crippen molar-refractivity contribution >= 4 is 76.1 Å². The normalized spacial score (nSPS) is 10.6. The van der Waals surface area contributed by atoms with E-state index in [4.69, 9.17) is 36.8 Å². The van der Waals surface area contributed by atoms with Crippen molar-refractivity contribution in [3.8, 4) is 22.6 Å². The topological polar surface area (TPSA) is 96.0 Å². The van der Waals surface area contributed by atoms with Gasteiger partial charge in [0.25, 0.3) is 0 Å². The molecule has 0 radical (unpaired) electrons. The third-order valence-corrected chi connectivity index (χ3v) is 12.6. The van der Waals surface area contributed by atoms with Crippen LogP contribution in [0, 0.1) is 0 Å². The average molecular weight is 804 g/mol. The first-order valence-corrected chi connectivity index (χ1v) is 19.8. The molecule has 0 aliphatic heterocycles. The summed E-state index contributed by atoms with van der Waals surface area (Å²) in [5.41, 5.74) is 1.76. The molecule has 5 aromatic carbocycles. The minimum absolute atomic E-state index is 0.306. The van der Waals surface area contributed by atoms with Gasteiger partial charge in [-0.3, -0.25) is 4.79 Å². The molecule has 7 aromatic rings. The fourth-order valence-electron chi connectivity index (χ4n) is 5.54. The lowest BCUT2D eigenvalue weighted by Crippen LogP contribution is -2.28.